The monoisotopic (exact) mass is 394 g/mol. The number of amides is 1. The molecule has 1 aliphatic heterocycles. The maximum atomic E-state index is 12.7. The van der Waals surface area contributed by atoms with Gasteiger partial charge in [0.2, 0.25) is 0 Å². The van der Waals surface area contributed by atoms with Crippen molar-refractivity contribution in [3.05, 3.63) is 65.2 Å². The van der Waals surface area contributed by atoms with Crippen LogP contribution >= 0.6 is 0 Å². The SMILES string of the molecule is COc1ccc(C(=O)NC2CC(OCc3ccccc3)C2)cc1CC1CCNC1. The van der Waals surface area contributed by atoms with Gasteiger partial charge in [0, 0.05) is 11.6 Å². The van der Waals surface area contributed by atoms with Gasteiger partial charge >= 0.3 is 0 Å². The van der Waals surface area contributed by atoms with Crippen molar-refractivity contribution >= 4 is 5.91 Å². The third kappa shape index (κ3) is 5.17. The molecule has 0 radical (unpaired) electrons. The summed E-state index contributed by atoms with van der Waals surface area (Å²) in [5, 5.41) is 6.55. The number of nitrogens with one attached hydrogen (secondary N) is 2. The lowest BCUT2D eigenvalue weighted by molar-refractivity contribution is -0.0251. The second kappa shape index (κ2) is 9.42. The second-order valence-electron chi connectivity index (χ2n) is 8.15. The van der Waals surface area contributed by atoms with Gasteiger partial charge in [-0.25, -0.2) is 0 Å². The summed E-state index contributed by atoms with van der Waals surface area (Å²) in [6.45, 7) is 2.73. The highest BCUT2D eigenvalue weighted by Crippen LogP contribution is 2.27. The molecule has 0 spiro atoms. The van der Waals surface area contributed by atoms with Gasteiger partial charge < -0.3 is 20.1 Å². The summed E-state index contributed by atoms with van der Waals surface area (Å²) in [5.74, 6) is 1.47. The fourth-order valence-corrected chi connectivity index (χ4v) is 4.16. The third-order valence-corrected chi connectivity index (χ3v) is 5.97. The normalized spacial score (nSPS) is 23.4. The van der Waals surface area contributed by atoms with Crippen molar-refractivity contribution in [2.45, 2.75) is 44.4 Å². The minimum absolute atomic E-state index is 0.00930. The molecule has 29 heavy (non-hydrogen) atoms. The summed E-state index contributed by atoms with van der Waals surface area (Å²) in [5.41, 5.74) is 3.01. The number of methoxy groups -OCH3 is 1. The lowest BCUT2D eigenvalue weighted by Gasteiger charge is -2.35. The fraction of sp³-hybridized carbons (Fsp3) is 0.458. The molecule has 2 aliphatic rings. The van der Waals surface area contributed by atoms with E-state index in [1.165, 1.54) is 12.0 Å². The molecule has 1 heterocycles. The van der Waals surface area contributed by atoms with Gasteiger partial charge in [-0.15, -0.1) is 0 Å². The Bertz CT molecular complexity index is 812. The van der Waals surface area contributed by atoms with Crippen molar-refractivity contribution in [1.82, 2.24) is 10.6 Å². The van der Waals surface area contributed by atoms with Crippen molar-refractivity contribution in [2.24, 2.45) is 5.92 Å². The molecular formula is C24H30N2O3. The molecule has 1 aliphatic carbocycles. The zero-order valence-electron chi connectivity index (χ0n) is 17.0. The van der Waals surface area contributed by atoms with Crippen molar-refractivity contribution in [1.29, 1.82) is 0 Å². The predicted octanol–water partition coefficient (Wildman–Crippen LogP) is 3.32. The van der Waals surface area contributed by atoms with Crippen molar-refractivity contribution in [3.8, 4) is 5.75 Å². The number of ether oxygens (including phenoxy) is 2. The average molecular weight is 395 g/mol. The van der Waals surface area contributed by atoms with Crippen LogP contribution in [-0.2, 0) is 17.8 Å². The van der Waals surface area contributed by atoms with E-state index in [9.17, 15) is 4.79 Å². The van der Waals surface area contributed by atoms with E-state index in [4.69, 9.17) is 9.47 Å². The van der Waals surface area contributed by atoms with E-state index < -0.39 is 0 Å². The summed E-state index contributed by atoms with van der Waals surface area (Å²) in [6.07, 6.45) is 4.08. The van der Waals surface area contributed by atoms with E-state index in [2.05, 4.69) is 22.8 Å². The summed E-state index contributed by atoms with van der Waals surface area (Å²) < 4.78 is 11.4. The first-order chi connectivity index (χ1) is 14.2. The van der Waals surface area contributed by atoms with Crippen LogP contribution in [0.1, 0.15) is 40.7 Å². The molecule has 0 bridgehead atoms. The first kappa shape index (κ1) is 19.9. The molecule has 4 rings (SSSR count). The highest BCUT2D eigenvalue weighted by Gasteiger charge is 2.31. The standard InChI is InChI=1S/C24H30N2O3/c1-28-23-8-7-19(12-20(23)11-18-9-10-25-15-18)24(27)26-21-13-22(14-21)29-16-17-5-3-2-4-6-17/h2-8,12,18,21-22,25H,9-11,13-16H2,1H3,(H,26,27). The predicted molar refractivity (Wildman–Crippen MR) is 113 cm³/mol. The maximum absolute atomic E-state index is 12.7. The lowest BCUT2D eigenvalue weighted by atomic mass is 9.88. The Morgan fingerprint density at radius 2 is 2.00 bits per heavy atom. The smallest absolute Gasteiger partial charge is 0.251 e. The third-order valence-electron chi connectivity index (χ3n) is 5.97. The van der Waals surface area contributed by atoms with Crippen LogP contribution in [0, 0.1) is 5.92 Å². The molecule has 1 unspecified atom stereocenters. The van der Waals surface area contributed by atoms with Gasteiger partial charge in [-0.1, -0.05) is 30.3 Å². The molecule has 2 aromatic rings. The Kier molecular flexibility index (Phi) is 6.47. The second-order valence-corrected chi connectivity index (χ2v) is 8.15. The first-order valence-corrected chi connectivity index (χ1v) is 10.6. The van der Waals surface area contributed by atoms with Crippen LogP contribution in [0.5, 0.6) is 5.75 Å². The Labute approximate surface area is 172 Å². The van der Waals surface area contributed by atoms with E-state index in [1.807, 2.05) is 36.4 Å². The Balaban J connectivity index is 1.27. The van der Waals surface area contributed by atoms with E-state index in [0.29, 0.717) is 18.1 Å². The van der Waals surface area contributed by atoms with Crippen LogP contribution in [0.25, 0.3) is 0 Å². The number of benzene rings is 2. The molecule has 1 amide bonds. The highest BCUT2D eigenvalue weighted by molar-refractivity contribution is 5.94. The Morgan fingerprint density at radius 1 is 1.17 bits per heavy atom. The van der Waals surface area contributed by atoms with Gasteiger partial charge in [0.15, 0.2) is 0 Å². The van der Waals surface area contributed by atoms with Crippen LogP contribution in [0.3, 0.4) is 0 Å². The van der Waals surface area contributed by atoms with Crippen LogP contribution in [0.4, 0.5) is 0 Å². The number of carbonyl (C=O) groups is 1. The van der Waals surface area contributed by atoms with Crippen molar-refractivity contribution in [2.75, 3.05) is 20.2 Å². The van der Waals surface area contributed by atoms with Crippen molar-refractivity contribution < 1.29 is 14.3 Å². The molecule has 2 aromatic carbocycles. The van der Waals surface area contributed by atoms with Gasteiger partial charge in [-0.2, -0.15) is 0 Å². The molecule has 0 aromatic heterocycles. The molecule has 1 saturated carbocycles. The van der Waals surface area contributed by atoms with Crippen LogP contribution in [-0.4, -0.2) is 38.3 Å². The van der Waals surface area contributed by atoms with Crippen molar-refractivity contribution in [3.63, 3.8) is 0 Å². The van der Waals surface area contributed by atoms with Gasteiger partial charge in [-0.3, -0.25) is 4.79 Å². The van der Waals surface area contributed by atoms with Gasteiger partial charge in [0.1, 0.15) is 5.75 Å². The van der Waals surface area contributed by atoms with Gasteiger partial charge in [0.25, 0.3) is 5.91 Å². The Morgan fingerprint density at radius 3 is 2.72 bits per heavy atom. The molecule has 1 saturated heterocycles. The summed E-state index contributed by atoms with van der Waals surface area (Å²) in [6, 6.07) is 16.1. The van der Waals surface area contributed by atoms with Gasteiger partial charge in [0.05, 0.1) is 19.8 Å². The fourth-order valence-electron chi connectivity index (χ4n) is 4.16. The van der Waals surface area contributed by atoms with E-state index in [-0.39, 0.29) is 18.1 Å². The largest absolute Gasteiger partial charge is 0.496 e. The molecule has 154 valence electrons. The molecule has 2 N–H and O–H groups in total. The molecule has 5 nitrogen and oxygen atoms in total. The zero-order chi connectivity index (χ0) is 20.1. The van der Waals surface area contributed by atoms with Gasteiger partial charge in [-0.05, 0) is 74.0 Å². The minimum Gasteiger partial charge on any atom is -0.496 e. The van der Waals surface area contributed by atoms with Crippen LogP contribution in [0.15, 0.2) is 48.5 Å². The van der Waals surface area contributed by atoms with E-state index in [1.54, 1.807) is 7.11 Å². The number of carbonyl (C=O) groups excluding carboxylic acids is 1. The van der Waals surface area contributed by atoms with E-state index >= 15 is 0 Å². The summed E-state index contributed by atoms with van der Waals surface area (Å²) in [7, 11) is 1.69. The van der Waals surface area contributed by atoms with Crippen LogP contribution < -0.4 is 15.4 Å². The lowest BCUT2D eigenvalue weighted by Crippen LogP contribution is -2.47. The Hall–Kier alpha value is -2.37. The molecule has 1 atom stereocenters. The minimum atomic E-state index is -0.00930. The summed E-state index contributed by atoms with van der Waals surface area (Å²) >= 11 is 0. The number of hydrogen-bond acceptors (Lipinski definition) is 4. The maximum Gasteiger partial charge on any atom is 0.251 e. The molecule has 5 heteroatoms. The number of hydrogen-bond donors (Lipinski definition) is 2. The highest BCUT2D eigenvalue weighted by atomic mass is 16.5. The van der Waals surface area contributed by atoms with E-state index in [0.717, 1.165) is 43.7 Å². The first-order valence-electron chi connectivity index (χ1n) is 10.6. The average Bonchev–Trinajstić information content (AvgIpc) is 3.23. The molecule has 2 fully saturated rings. The number of rotatable bonds is 8. The van der Waals surface area contributed by atoms with Crippen LogP contribution in [0.2, 0.25) is 0 Å². The molecular weight excluding hydrogens is 364 g/mol. The summed E-state index contributed by atoms with van der Waals surface area (Å²) in [4.78, 5) is 12.7. The zero-order valence-corrected chi connectivity index (χ0v) is 17.0. The quantitative estimate of drug-likeness (QED) is 0.721. The topological polar surface area (TPSA) is 59.6 Å².